The van der Waals surface area contributed by atoms with E-state index in [-0.39, 0.29) is 11.8 Å². The zero-order valence-electron chi connectivity index (χ0n) is 15.4. The highest BCUT2D eigenvalue weighted by atomic mass is 35.5. The fourth-order valence-corrected chi connectivity index (χ4v) is 2.96. The first kappa shape index (κ1) is 20.1. The maximum absolute atomic E-state index is 12.1. The predicted molar refractivity (Wildman–Crippen MR) is 111 cm³/mol. The van der Waals surface area contributed by atoms with Crippen molar-refractivity contribution in [1.82, 2.24) is 4.90 Å². The number of nitrogens with zero attached hydrogens (tertiary/aromatic N) is 1. The molecule has 2 aromatic rings. The van der Waals surface area contributed by atoms with Gasteiger partial charge in [-0.2, -0.15) is 0 Å². The fourth-order valence-electron chi connectivity index (χ4n) is 2.77. The third-order valence-corrected chi connectivity index (χ3v) is 4.42. The molecule has 1 heterocycles. The zero-order valence-corrected chi connectivity index (χ0v) is 16.1. The molecule has 2 N–H and O–H groups in total. The number of hydrogen-bond donors (Lipinski definition) is 2. The molecule has 28 heavy (non-hydrogen) atoms. The van der Waals surface area contributed by atoms with E-state index in [1.54, 1.807) is 42.5 Å². The van der Waals surface area contributed by atoms with Crippen LogP contribution in [-0.2, 0) is 14.3 Å². The lowest BCUT2D eigenvalue weighted by atomic mass is 10.2. The minimum atomic E-state index is -0.246. The monoisotopic (exact) mass is 399 g/mol. The molecule has 6 nitrogen and oxygen atoms in total. The summed E-state index contributed by atoms with van der Waals surface area (Å²) in [6, 6.07) is 14.3. The van der Waals surface area contributed by atoms with Crippen molar-refractivity contribution >= 4 is 40.9 Å². The average Bonchev–Trinajstić information content (AvgIpc) is 2.69. The minimum absolute atomic E-state index is 0.0665. The smallest absolute Gasteiger partial charge is 0.248 e. The lowest BCUT2D eigenvalue weighted by molar-refractivity contribution is -0.118. The zero-order chi connectivity index (χ0) is 19.8. The number of morpholine rings is 1. The van der Waals surface area contributed by atoms with Gasteiger partial charge in [-0.3, -0.25) is 14.5 Å². The molecule has 0 spiro atoms. The summed E-state index contributed by atoms with van der Waals surface area (Å²) in [5.74, 6) is -0.313. The van der Waals surface area contributed by atoms with Crippen molar-refractivity contribution in [3.8, 4) is 0 Å². The van der Waals surface area contributed by atoms with Crippen LogP contribution in [-0.4, -0.2) is 49.6 Å². The summed E-state index contributed by atoms with van der Waals surface area (Å²) in [5, 5.41) is 6.26. The van der Waals surface area contributed by atoms with Gasteiger partial charge in [-0.05, 0) is 48.0 Å². The van der Waals surface area contributed by atoms with Gasteiger partial charge >= 0.3 is 0 Å². The third-order valence-electron chi connectivity index (χ3n) is 4.18. The highest BCUT2D eigenvalue weighted by Gasteiger charge is 2.14. The number of amides is 2. The Morgan fingerprint density at radius 3 is 2.39 bits per heavy atom. The maximum Gasteiger partial charge on any atom is 0.248 e. The Hall–Kier alpha value is -2.67. The van der Waals surface area contributed by atoms with Gasteiger partial charge in [-0.1, -0.05) is 23.7 Å². The molecule has 0 saturated carbocycles. The average molecular weight is 400 g/mol. The number of rotatable bonds is 6. The van der Waals surface area contributed by atoms with Crippen LogP contribution in [0.1, 0.15) is 5.56 Å². The summed E-state index contributed by atoms with van der Waals surface area (Å²) >= 11 is 5.92. The van der Waals surface area contributed by atoms with Gasteiger partial charge in [0.2, 0.25) is 11.8 Å². The maximum atomic E-state index is 12.1. The molecule has 1 aliphatic rings. The van der Waals surface area contributed by atoms with Gasteiger partial charge in [-0.25, -0.2) is 0 Å². The second kappa shape index (κ2) is 10.0. The number of nitrogens with one attached hydrogen (secondary N) is 2. The second-order valence-electron chi connectivity index (χ2n) is 6.39. The predicted octanol–water partition coefficient (Wildman–Crippen LogP) is 3.26. The number of hydrogen-bond acceptors (Lipinski definition) is 4. The van der Waals surface area contributed by atoms with E-state index < -0.39 is 0 Å². The number of carbonyl (C=O) groups is 2. The Kier molecular flexibility index (Phi) is 7.19. The molecule has 7 heteroatoms. The van der Waals surface area contributed by atoms with E-state index in [0.717, 1.165) is 18.7 Å². The fraction of sp³-hybridized carbons (Fsp3) is 0.238. The van der Waals surface area contributed by atoms with Crippen LogP contribution in [0.5, 0.6) is 0 Å². The van der Waals surface area contributed by atoms with E-state index in [4.69, 9.17) is 16.3 Å². The first-order valence-corrected chi connectivity index (χ1v) is 9.41. The van der Waals surface area contributed by atoms with Crippen LogP contribution in [0.2, 0.25) is 5.02 Å². The summed E-state index contributed by atoms with van der Waals surface area (Å²) in [4.78, 5) is 26.2. The SMILES string of the molecule is O=C(/C=C/c1cccc(Cl)c1)Nc1ccc(NC(=O)CN2CCOCC2)cc1. The van der Waals surface area contributed by atoms with E-state index in [1.165, 1.54) is 6.08 Å². The first-order valence-electron chi connectivity index (χ1n) is 9.03. The van der Waals surface area contributed by atoms with Crippen LogP contribution < -0.4 is 10.6 Å². The molecule has 3 rings (SSSR count). The lowest BCUT2D eigenvalue weighted by Crippen LogP contribution is -2.41. The Labute approximate surface area is 169 Å². The highest BCUT2D eigenvalue weighted by molar-refractivity contribution is 6.30. The van der Waals surface area contributed by atoms with E-state index in [2.05, 4.69) is 15.5 Å². The van der Waals surface area contributed by atoms with Crippen LogP contribution in [0.3, 0.4) is 0 Å². The molecule has 146 valence electrons. The van der Waals surface area contributed by atoms with Crippen LogP contribution in [0.4, 0.5) is 11.4 Å². The summed E-state index contributed by atoms with van der Waals surface area (Å²) in [6.45, 7) is 3.19. The summed E-state index contributed by atoms with van der Waals surface area (Å²) in [5.41, 5.74) is 2.18. The van der Waals surface area contributed by atoms with Crippen molar-refractivity contribution in [2.75, 3.05) is 43.5 Å². The number of anilines is 2. The quantitative estimate of drug-likeness (QED) is 0.731. The van der Waals surface area contributed by atoms with Gasteiger partial charge in [0.15, 0.2) is 0 Å². The molecular formula is C21H22ClN3O3. The molecule has 1 fully saturated rings. The normalized spacial score (nSPS) is 14.8. The van der Waals surface area contributed by atoms with Gasteiger partial charge in [0.05, 0.1) is 19.8 Å². The molecule has 1 aliphatic heterocycles. The molecule has 0 atom stereocenters. The van der Waals surface area contributed by atoms with Crippen LogP contribution in [0.15, 0.2) is 54.6 Å². The molecule has 0 unspecified atom stereocenters. The summed E-state index contributed by atoms with van der Waals surface area (Å²) < 4.78 is 5.27. The standard InChI is InChI=1S/C21H22ClN3O3/c22-17-3-1-2-16(14-17)4-9-20(26)23-18-5-7-19(8-6-18)24-21(27)15-25-10-12-28-13-11-25/h1-9,14H,10-13,15H2,(H,23,26)(H,24,27)/b9-4+. The molecule has 0 bridgehead atoms. The molecule has 0 radical (unpaired) electrons. The van der Waals surface area contributed by atoms with Crippen molar-refractivity contribution in [2.45, 2.75) is 0 Å². The molecule has 2 amide bonds. The molecule has 1 saturated heterocycles. The first-order chi connectivity index (χ1) is 13.6. The van der Waals surface area contributed by atoms with Crippen molar-refractivity contribution in [3.63, 3.8) is 0 Å². The van der Waals surface area contributed by atoms with Crippen LogP contribution in [0, 0.1) is 0 Å². The van der Waals surface area contributed by atoms with Gasteiger partial charge in [0.1, 0.15) is 0 Å². The Bertz CT molecular complexity index is 846. The Morgan fingerprint density at radius 1 is 1.04 bits per heavy atom. The molecular weight excluding hydrogens is 378 g/mol. The van der Waals surface area contributed by atoms with Crippen molar-refractivity contribution in [3.05, 3.63) is 65.2 Å². The van der Waals surface area contributed by atoms with Crippen molar-refractivity contribution < 1.29 is 14.3 Å². The Balaban J connectivity index is 1.48. The summed E-state index contributed by atoms with van der Waals surface area (Å²) in [7, 11) is 0. The van der Waals surface area contributed by atoms with E-state index in [9.17, 15) is 9.59 Å². The number of carbonyl (C=O) groups excluding carboxylic acids is 2. The number of benzene rings is 2. The van der Waals surface area contributed by atoms with Crippen LogP contribution >= 0.6 is 11.6 Å². The third kappa shape index (κ3) is 6.49. The van der Waals surface area contributed by atoms with Crippen molar-refractivity contribution in [1.29, 1.82) is 0 Å². The van der Waals surface area contributed by atoms with Gasteiger partial charge in [-0.15, -0.1) is 0 Å². The second-order valence-corrected chi connectivity index (χ2v) is 6.83. The van der Waals surface area contributed by atoms with Crippen molar-refractivity contribution in [2.24, 2.45) is 0 Å². The highest BCUT2D eigenvalue weighted by Crippen LogP contribution is 2.15. The van der Waals surface area contributed by atoms with Gasteiger partial charge < -0.3 is 15.4 Å². The number of halogens is 1. The molecule has 0 aromatic heterocycles. The molecule has 0 aliphatic carbocycles. The number of ether oxygens (including phenoxy) is 1. The Morgan fingerprint density at radius 2 is 1.71 bits per heavy atom. The largest absolute Gasteiger partial charge is 0.379 e. The lowest BCUT2D eigenvalue weighted by Gasteiger charge is -2.25. The van der Waals surface area contributed by atoms with E-state index in [0.29, 0.717) is 36.2 Å². The molecule has 2 aromatic carbocycles. The van der Waals surface area contributed by atoms with E-state index >= 15 is 0 Å². The van der Waals surface area contributed by atoms with Crippen LogP contribution in [0.25, 0.3) is 6.08 Å². The van der Waals surface area contributed by atoms with Gasteiger partial charge in [0, 0.05) is 35.6 Å². The van der Waals surface area contributed by atoms with Gasteiger partial charge in [0.25, 0.3) is 0 Å². The minimum Gasteiger partial charge on any atom is -0.379 e. The topological polar surface area (TPSA) is 70.7 Å². The summed E-state index contributed by atoms with van der Waals surface area (Å²) in [6.07, 6.45) is 3.14. The van der Waals surface area contributed by atoms with E-state index in [1.807, 2.05) is 12.1 Å².